The zero-order valence-electron chi connectivity index (χ0n) is 12.9. The molecule has 5 heteroatoms. The van der Waals surface area contributed by atoms with Crippen molar-refractivity contribution >= 4 is 28.4 Å². The fourth-order valence-corrected chi connectivity index (χ4v) is 2.99. The molecule has 2 N–H and O–H groups in total. The molecule has 2 aromatic carbocycles. The van der Waals surface area contributed by atoms with Crippen molar-refractivity contribution in [3.05, 3.63) is 70.9 Å². The summed E-state index contributed by atoms with van der Waals surface area (Å²) in [5.41, 5.74) is 2.77. The van der Waals surface area contributed by atoms with E-state index in [-0.39, 0.29) is 5.91 Å². The highest BCUT2D eigenvalue weighted by molar-refractivity contribution is 6.35. The maximum atomic E-state index is 12.3. The van der Waals surface area contributed by atoms with Crippen LogP contribution in [0, 0.1) is 17.2 Å². The highest BCUT2D eigenvalue weighted by atomic mass is 35.5. The van der Waals surface area contributed by atoms with E-state index in [4.69, 9.17) is 11.6 Å². The molecule has 0 aliphatic rings. The van der Waals surface area contributed by atoms with Gasteiger partial charge in [0.25, 0.3) is 0 Å². The molecule has 3 aromatic rings. The second-order valence-electron chi connectivity index (χ2n) is 5.57. The monoisotopic (exact) mass is 337 g/mol. The summed E-state index contributed by atoms with van der Waals surface area (Å²) in [4.78, 5) is 15.4. The predicted molar refractivity (Wildman–Crippen MR) is 94.4 cm³/mol. The van der Waals surface area contributed by atoms with Crippen molar-refractivity contribution < 1.29 is 4.79 Å². The van der Waals surface area contributed by atoms with Crippen LogP contribution in [-0.2, 0) is 17.8 Å². The second-order valence-corrected chi connectivity index (χ2v) is 5.97. The minimum Gasteiger partial charge on any atom is -0.361 e. The maximum Gasteiger partial charge on any atom is 0.237 e. The molecule has 3 rings (SSSR count). The molecule has 120 valence electrons. The van der Waals surface area contributed by atoms with Gasteiger partial charge >= 0.3 is 0 Å². The van der Waals surface area contributed by atoms with E-state index in [9.17, 15) is 10.1 Å². The number of hydrogen-bond acceptors (Lipinski definition) is 2. The standard InChI is InChI=1S/C19H16ClN3O/c20-16-7-4-8-17-18(16)15(12-22-17)9-14(10-21)19(24)23-11-13-5-2-1-3-6-13/h1-8,12,14,22H,9,11H2,(H,23,24). The summed E-state index contributed by atoms with van der Waals surface area (Å²) in [5, 5.41) is 13.7. The van der Waals surface area contributed by atoms with E-state index in [0.717, 1.165) is 22.0 Å². The van der Waals surface area contributed by atoms with Gasteiger partial charge in [-0.3, -0.25) is 4.79 Å². The van der Waals surface area contributed by atoms with Crippen molar-refractivity contribution in [2.45, 2.75) is 13.0 Å². The lowest BCUT2D eigenvalue weighted by Crippen LogP contribution is -2.30. The van der Waals surface area contributed by atoms with Gasteiger partial charge in [-0.05, 0) is 29.7 Å². The van der Waals surface area contributed by atoms with E-state index in [1.807, 2.05) is 48.7 Å². The number of aromatic nitrogens is 1. The molecule has 1 amide bonds. The number of nitriles is 1. The number of halogens is 1. The van der Waals surface area contributed by atoms with Gasteiger partial charge in [0.15, 0.2) is 0 Å². The van der Waals surface area contributed by atoms with Crippen molar-refractivity contribution in [1.82, 2.24) is 10.3 Å². The molecule has 0 saturated heterocycles. The molecule has 1 heterocycles. The number of carbonyl (C=O) groups is 1. The van der Waals surface area contributed by atoms with Crippen LogP contribution in [0.4, 0.5) is 0 Å². The van der Waals surface area contributed by atoms with E-state index in [0.29, 0.717) is 18.0 Å². The number of aromatic amines is 1. The topological polar surface area (TPSA) is 68.7 Å². The summed E-state index contributed by atoms with van der Waals surface area (Å²) >= 11 is 6.25. The molecular weight excluding hydrogens is 322 g/mol. The lowest BCUT2D eigenvalue weighted by Gasteiger charge is -2.10. The van der Waals surface area contributed by atoms with Crippen LogP contribution < -0.4 is 5.32 Å². The van der Waals surface area contributed by atoms with Gasteiger partial charge in [-0.1, -0.05) is 48.0 Å². The summed E-state index contributed by atoms with van der Waals surface area (Å²) in [6, 6.07) is 17.3. The smallest absolute Gasteiger partial charge is 0.237 e. The van der Waals surface area contributed by atoms with Gasteiger partial charge in [0.1, 0.15) is 5.92 Å². The molecule has 0 aliphatic heterocycles. The number of rotatable bonds is 5. The zero-order chi connectivity index (χ0) is 16.9. The Labute approximate surface area is 145 Å². The first-order valence-electron chi connectivity index (χ1n) is 7.65. The van der Waals surface area contributed by atoms with Crippen LogP contribution in [0.2, 0.25) is 5.02 Å². The molecule has 0 radical (unpaired) electrons. The van der Waals surface area contributed by atoms with Crippen LogP contribution in [0.1, 0.15) is 11.1 Å². The van der Waals surface area contributed by atoms with Crippen LogP contribution in [0.15, 0.2) is 54.7 Å². The van der Waals surface area contributed by atoms with Gasteiger partial charge in [0, 0.05) is 23.6 Å². The zero-order valence-corrected chi connectivity index (χ0v) is 13.7. The summed E-state index contributed by atoms with van der Waals surface area (Å²) in [7, 11) is 0. The normalized spacial score (nSPS) is 11.8. The van der Waals surface area contributed by atoms with Crippen LogP contribution in [-0.4, -0.2) is 10.9 Å². The number of carbonyl (C=O) groups excluding carboxylic acids is 1. The molecule has 1 unspecified atom stereocenters. The summed E-state index contributed by atoms with van der Waals surface area (Å²) in [6.07, 6.45) is 2.13. The van der Waals surface area contributed by atoms with Gasteiger partial charge in [-0.25, -0.2) is 0 Å². The number of nitrogens with one attached hydrogen (secondary N) is 2. The molecule has 0 bridgehead atoms. The SMILES string of the molecule is N#CC(Cc1c[nH]c2cccc(Cl)c12)C(=O)NCc1ccccc1. The predicted octanol–water partition coefficient (Wildman–Crippen LogP) is 3.82. The molecule has 1 atom stereocenters. The molecular formula is C19H16ClN3O. The first-order valence-corrected chi connectivity index (χ1v) is 8.02. The highest BCUT2D eigenvalue weighted by Gasteiger charge is 2.20. The average Bonchev–Trinajstić information content (AvgIpc) is 3.03. The van der Waals surface area contributed by atoms with Crippen LogP contribution in [0.25, 0.3) is 10.9 Å². The Bertz CT molecular complexity index is 896. The minimum absolute atomic E-state index is 0.275. The summed E-state index contributed by atoms with van der Waals surface area (Å²) in [6.45, 7) is 0.409. The molecule has 0 fully saturated rings. The Morgan fingerprint density at radius 1 is 1.21 bits per heavy atom. The second kappa shape index (κ2) is 7.20. The minimum atomic E-state index is -0.760. The van der Waals surface area contributed by atoms with Gasteiger partial charge in [0.2, 0.25) is 5.91 Å². The van der Waals surface area contributed by atoms with Crippen molar-refractivity contribution in [2.24, 2.45) is 5.92 Å². The van der Waals surface area contributed by atoms with Crippen molar-refractivity contribution in [2.75, 3.05) is 0 Å². The molecule has 1 aromatic heterocycles. The largest absolute Gasteiger partial charge is 0.361 e. The van der Waals surface area contributed by atoms with E-state index in [2.05, 4.69) is 16.4 Å². The Balaban J connectivity index is 1.72. The Hall–Kier alpha value is -2.77. The number of hydrogen-bond donors (Lipinski definition) is 2. The third kappa shape index (κ3) is 3.42. The van der Waals surface area contributed by atoms with Gasteiger partial charge in [0.05, 0.1) is 11.1 Å². The summed E-state index contributed by atoms with van der Waals surface area (Å²) in [5.74, 6) is -1.04. The lowest BCUT2D eigenvalue weighted by atomic mass is 9.99. The van der Waals surface area contributed by atoms with Crippen molar-refractivity contribution in [3.63, 3.8) is 0 Å². The third-order valence-electron chi connectivity index (χ3n) is 3.94. The van der Waals surface area contributed by atoms with E-state index in [1.54, 1.807) is 6.07 Å². The van der Waals surface area contributed by atoms with Crippen molar-refractivity contribution in [1.29, 1.82) is 5.26 Å². The molecule has 0 aliphatic carbocycles. The summed E-state index contributed by atoms with van der Waals surface area (Å²) < 4.78 is 0. The number of fused-ring (bicyclic) bond motifs is 1. The first kappa shape index (κ1) is 16.1. The Morgan fingerprint density at radius 3 is 2.75 bits per heavy atom. The van der Waals surface area contributed by atoms with Gasteiger partial charge < -0.3 is 10.3 Å². The van der Waals surface area contributed by atoms with Crippen molar-refractivity contribution in [3.8, 4) is 6.07 Å². The Kier molecular flexibility index (Phi) is 4.83. The fourth-order valence-electron chi connectivity index (χ4n) is 2.69. The van der Waals surface area contributed by atoms with E-state index < -0.39 is 5.92 Å². The van der Waals surface area contributed by atoms with Crippen LogP contribution in [0.5, 0.6) is 0 Å². The number of amides is 1. The third-order valence-corrected chi connectivity index (χ3v) is 4.26. The number of H-pyrrole nitrogens is 1. The van der Waals surface area contributed by atoms with Crippen LogP contribution >= 0.6 is 11.6 Å². The molecule has 4 nitrogen and oxygen atoms in total. The first-order chi connectivity index (χ1) is 11.7. The number of benzene rings is 2. The fraction of sp³-hybridized carbons (Fsp3) is 0.158. The quantitative estimate of drug-likeness (QED) is 0.743. The molecule has 0 saturated carbocycles. The Morgan fingerprint density at radius 2 is 2.00 bits per heavy atom. The van der Waals surface area contributed by atoms with Gasteiger partial charge in [-0.2, -0.15) is 5.26 Å². The number of nitrogens with zero attached hydrogens (tertiary/aromatic N) is 1. The van der Waals surface area contributed by atoms with Crippen LogP contribution in [0.3, 0.4) is 0 Å². The lowest BCUT2D eigenvalue weighted by molar-refractivity contribution is -0.123. The average molecular weight is 338 g/mol. The molecule has 0 spiro atoms. The highest BCUT2D eigenvalue weighted by Crippen LogP contribution is 2.28. The molecule has 24 heavy (non-hydrogen) atoms. The van der Waals surface area contributed by atoms with E-state index in [1.165, 1.54) is 0 Å². The van der Waals surface area contributed by atoms with E-state index >= 15 is 0 Å². The maximum absolute atomic E-state index is 12.3. The van der Waals surface area contributed by atoms with Gasteiger partial charge in [-0.15, -0.1) is 0 Å².